The summed E-state index contributed by atoms with van der Waals surface area (Å²) in [6.07, 6.45) is -4.53. The maximum Gasteiger partial charge on any atom is 0.389 e. The summed E-state index contributed by atoms with van der Waals surface area (Å²) < 4.78 is 41.0. The zero-order chi connectivity index (χ0) is 15.0. The lowest BCUT2D eigenvalue weighted by atomic mass is 10.2. The van der Waals surface area contributed by atoms with Crippen molar-refractivity contribution in [2.24, 2.45) is 5.84 Å². The Labute approximate surface area is 114 Å². The van der Waals surface area contributed by atoms with Gasteiger partial charge in [0.1, 0.15) is 0 Å². The van der Waals surface area contributed by atoms with Crippen molar-refractivity contribution in [3.05, 3.63) is 0 Å². The van der Waals surface area contributed by atoms with E-state index in [1.165, 1.54) is 0 Å². The van der Waals surface area contributed by atoms with E-state index in [0.29, 0.717) is 19.6 Å². The fourth-order valence-corrected chi connectivity index (χ4v) is 1.34. The molecule has 0 aromatic carbocycles. The Morgan fingerprint density at radius 3 is 2.45 bits per heavy atom. The van der Waals surface area contributed by atoms with Crippen LogP contribution in [0, 0.1) is 0 Å². The first-order valence-electron chi connectivity index (χ1n) is 6.10. The van der Waals surface area contributed by atoms with Gasteiger partial charge in [0, 0.05) is 13.0 Å². The Hall–Kier alpha value is -1.84. The van der Waals surface area contributed by atoms with Crippen LogP contribution in [-0.2, 0) is 0 Å². The van der Waals surface area contributed by atoms with Crippen molar-refractivity contribution in [3.63, 3.8) is 0 Å². The predicted molar refractivity (Wildman–Crippen MR) is 67.2 cm³/mol. The van der Waals surface area contributed by atoms with Crippen LogP contribution in [0.25, 0.3) is 0 Å². The number of hydrogen-bond donors (Lipinski definition) is 3. The molecule has 0 spiro atoms. The Morgan fingerprint density at radius 1 is 1.15 bits per heavy atom. The second kappa shape index (κ2) is 7.68. The second-order valence-corrected chi connectivity index (χ2v) is 3.84. The number of halogens is 3. The van der Waals surface area contributed by atoms with E-state index in [2.05, 4.69) is 25.7 Å². The molecule has 1 aromatic heterocycles. The molecule has 10 heteroatoms. The molecule has 1 heterocycles. The minimum Gasteiger partial charge on any atom is -0.464 e. The first kappa shape index (κ1) is 16.2. The zero-order valence-electron chi connectivity index (χ0n) is 11.0. The van der Waals surface area contributed by atoms with E-state index in [9.17, 15) is 13.2 Å². The number of unbranched alkanes of at least 4 members (excludes halogenated alkanes) is 1. The molecule has 0 atom stereocenters. The van der Waals surface area contributed by atoms with E-state index >= 15 is 0 Å². The molecule has 0 aliphatic heterocycles. The van der Waals surface area contributed by atoms with Gasteiger partial charge in [0.25, 0.3) is 0 Å². The van der Waals surface area contributed by atoms with Crippen LogP contribution in [0.5, 0.6) is 6.01 Å². The number of hydrogen-bond acceptors (Lipinski definition) is 7. The summed E-state index contributed by atoms with van der Waals surface area (Å²) in [6, 6.07) is 0.0910. The van der Waals surface area contributed by atoms with Gasteiger partial charge in [-0.1, -0.05) is 0 Å². The van der Waals surface area contributed by atoms with Gasteiger partial charge in [-0.05, 0) is 19.8 Å². The van der Waals surface area contributed by atoms with Crippen LogP contribution in [-0.4, -0.2) is 34.3 Å². The largest absolute Gasteiger partial charge is 0.464 e. The van der Waals surface area contributed by atoms with Gasteiger partial charge < -0.3 is 10.1 Å². The molecule has 20 heavy (non-hydrogen) atoms. The van der Waals surface area contributed by atoms with Crippen LogP contribution in [0.3, 0.4) is 0 Å². The second-order valence-electron chi connectivity index (χ2n) is 3.84. The average Bonchev–Trinajstić information content (AvgIpc) is 2.37. The summed E-state index contributed by atoms with van der Waals surface area (Å²) in [4.78, 5) is 11.7. The minimum absolute atomic E-state index is 0.0435. The summed E-state index contributed by atoms with van der Waals surface area (Å²) in [5.74, 6) is 5.51. The van der Waals surface area contributed by atoms with E-state index in [1.54, 1.807) is 6.92 Å². The van der Waals surface area contributed by atoms with Crippen molar-refractivity contribution in [2.45, 2.75) is 32.4 Å². The fraction of sp³-hybridized carbons (Fsp3) is 0.700. The maximum absolute atomic E-state index is 12.0. The fourth-order valence-electron chi connectivity index (χ4n) is 1.34. The topological polar surface area (TPSA) is 98.0 Å². The van der Waals surface area contributed by atoms with Crippen molar-refractivity contribution in [1.29, 1.82) is 0 Å². The Bertz CT molecular complexity index is 414. The number of nitrogens with two attached hydrogens (primary N) is 1. The van der Waals surface area contributed by atoms with Gasteiger partial charge in [-0.2, -0.15) is 28.1 Å². The predicted octanol–water partition coefficient (Wildman–Crippen LogP) is 1.70. The summed E-state index contributed by atoms with van der Waals surface area (Å²) >= 11 is 0. The number of alkyl halides is 3. The van der Waals surface area contributed by atoms with Crippen LogP contribution in [0.1, 0.15) is 26.2 Å². The van der Waals surface area contributed by atoms with Gasteiger partial charge in [0.15, 0.2) is 0 Å². The molecule has 0 fully saturated rings. The third-order valence-electron chi connectivity index (χ3n) is 2.19. The molecule has 0 unspecified atom stereocenters. The van der Waals surface area contributed by atoms with Gasteiger partial charge in [-0.25, -0.2) is 5.84 Å². The first-order valence-corrected chi connectivity index (χ1v) is 6.10. The lowest BCUT2D eigenvalue weighted by Gasteiger charge is -2.09. The SMILES string of the molecule is CCOc1nc(NN)nc(NCCCCC(F)(F)F)n1. The van der Waals surface area contributed by atoms with E-state index in [-0.39, 0.29) is 24.3 Å². The van der Waals surface area contributed by atoms with Crippen LogP contribution in [0.2, 0.25) is 0 Å². The van der Waals surface area contributed by atoms with Crippen molar-refractivity contribution in [1.82, 2.24) is 15.0 Å². The van der Waals surface area contributed by atoms with Gasteiger partial charge >= 0.3 is 12.2 Å². The lowest BCUT2D eigenvalue weighted by molar-refractivity contribution is -0.135. The average molecular weight is 294 g/mol. The molecule has 0 saturated carbocycles. The smallest absolute Gasteiger partial charge is 0.389 e. The number of anilines is 2. The third kappa shape index (κ3) is 6.36. The number of nitrogen functional groups attached to an aromatic ring is 1. The number of ether oxygens (including phenoxy) is 1. The Morgan fingerprint density at radius 2 is 1.85 bits per heavy atom. The maximum atomic E-state index is 12.0. The molecule has 114 valence electrons. The van der Waals surface area contributed by atoms with E-state index in [0.717, 1.165) is 0 Å². The molecule has 0 radical (unpaired) electrons. The van der Waals surface area contributed by atoms with Crippen molar-refractivity contribution < 1.29 is 17.9 Å². The molecule has 1 aromatic rings. The van der Waals surface area contributed by atoms with Crippen molar-refractivity contribution in [2.75, 3.05) is 23.9 Å². The highest BCUT2D eigenvalue weighted by molar-refractivity contribution is 5.34. The monoisotopic (exact) mass is 294 g/mol. The molecule has 0 aliphatic carbocycles. The first-order chi connectivity index (χ1) is 9.44. The summed E-state index contributed by atoms with van der Waals surface area (Å²) in [5.41, 5.74) is 2.26. The van der Waals surface area contributed by atoms with Gasteiger partial charge in [-0.15, -0.1) is 0 Å². The Kier molecular flexibility index (Phi) is 6.22. The minimum atomic E-state index is -4.12. The lowest BCUT2D eigenvalue weighted by Crippen LogP contribution is -2.15. The van der Waals surface area contributed by atoms with Gasteiger partial charge in [0.05, 0.1) is 6.61 Å². The van der Waals surface area contributed by atoms with Gasteiger partial charge in [0.2, 0.25) is 11.9 Å². The molecule has 0 amide bonds. The van der Waals surface area contributed by atoms with Crippen LogP contribution in [0.15, 0.2) is 0 Å². The third-order valence-corrected chi connectivity index (χ3v) is 2.19. The standard InChI is InChI=1S/C10H17F3N6O/c1-2-20-9-17-7(16-8(18-9)19-14)15-6-4-3-5-10(11,12)13/h2-6,14H2,1H3,(H2,15,16,17,18,19). The molecule has 7 nitrogen and oxygen atoms in total. The van der Waals surface area contributed by atoms with Crippen LogP contribution < -0.4 is 21.3 Å². The van der Waals surface area contributed by atoms with Crippen LogP contribution in [0.4, 0.5) is 25.1 Å². The normalized spacial score (nSPS) is 11.2. The Balaban J connectivity index is 2.44. The van der Waals surface area contributed by atoms with Crippen molar-refractivity contribution >= 4 is 11.9 Å². The molecular formula is C10H17F3N6O. The highest BCUT2D eigenvalue weighted by Crippen LogP contribution is 2.22. The number of nitrogens with one attached hydrogen (secondary N) is 2. The molecule has 4 N–H and O–H groups in total. The molecular weight excluding hydrogens is 277 g/mol. The number of hydrazine groups is 1. The van der Waals surface area contributed by atoms with Crippen molar-refractivity contribution in [3.8, 4) is 6.01 Å². The van der Waals surface area contributed by atoms with E-state index < -0.39 is 12.6 Å². The molecule has 0 saturated heterocycles. The molecule has 0 bridgehead atoms. The summed E-state index contributed by atoms with van der Waals surface area (Å²) in [6.45, 7) is 2.46. The quantitative estimate of drug-likeness (QED) is 0.381. The molecule has 1 rings (SSSR count). The summed E-state index contributed by atoms with van der Waals surface area (Å²) in [7, 11) is 0. The van der Waals surface area contributed by atoms with E-state index in [1.807, 2.05) is 0 Å². The van der Waals surface area contributed by atoms with Crippen LogP contribution >= 0.6 is 0 Å². The molecule has 0 aliphatic rings. The summed E-state index contributed by atoms with van der Waals surface area (Å²) in [5, 5.41) is 2.80. The highest BCUT2D eigenvalue weighted by atomic mass is 19.4. The van der Waals surface area contributed by atoms with Gasteiger partial charge in [-0.3, -0.25) is 5.43 Å². The van der Waals surface area contributed by atoms with E-state index in [4.69, 9.17) is 10.6 Å². The number of rotatable bonds is 8. The number of aromatic nitrogens is 3. The zero-order valence-corrected chi connectivity index (χ0v) is 11.0. The number of nitrogens with zero attached hydrogens (tertiary/aromatic N) is 3. The highest BCUT2D eigenvalue weighted by Gasteiger charge is 2.25.